The number of aliphatic hydroxyl groups excluding tert-OH is 1. The molecule has 0 fully saturated rings. The zero-order valence-corrected chi connectivity index (χ0v) is 18.8. The summed E-state index contributed by atoms with van der Waals surface area (Å²) in [7, 11) is 1.33. The van der Waals surface area contributed by atoms with Gasteiger partial charge in [0.05, 0.1) is 31.7 Å². The van der Waals surface area contributed by atoms with Gasteiger partial charge in [-0.1, -0.05) is 48.5 Å². The number of amides is 1. The Morgan fingerprint density at radius 1 is 1.12 bits per heavy atom. The molecule has 0 saturated heterocycles. The molecule has 3 rings (SSSR count). The predicted octanol–water partition coefficient (Wildman–Crippen LogP) is 3.88. The average molecular weight is 476 g/mol. The number of hydrazine groups is 1. The number of methoxy groups -OCH3 is 1. The van der Waals surface area contributed by atoms with Crippen molar-refractivity contribution < 1.29 is 32.6 Å². The summed E-state index contributed by atoms with van der Waals surface area (Å²) in [4.78, 5) is 24.1. The number of hydrogen-bond acceptors (Lipinski definition) is 5. The molecule has 6 nitrogen and oxygen atoms in total. The number of hydrogen-bond donors (Lipinski definition) is 1. The van der Waals surface area contributed by atoms with Crippen LogP contribution in [0.5, 0.6) is 0 Å². The molecule has 1 aliphatic heterocycles. The molecule has 2 aromatic carbocycles. The smallest absolute Gasteiger partial charge is 0.416 e. The molecular weight excluding hydrogens is 449 g/mol. The highest BCUT2D eigenvalue weighted by Crippen LogP contribution is 2.30. The van der Waals surface area contributed by atoms with Crippen molar-refractivity contribution >= 4 is 11.9 Å². The summed E-state index contributed by atoms with van der Waals surface area (Å²) in [6.07, 6.45) is -1.20. The third-order valence-corrected chi connectivity index (χ3v) is 5.48. The molecule has 0 saturated carbocycles. The van der Waals surface area contributed by atoms with Crippen LogP contribution < -0.4 is 0 Å². The highest BCUT2D eigenvalue weighted by atomic mass is 19.4. The zero-order chi connectivity index (χ0) is 24.7. The van der Waals surface area contributed by atoms with E-state index in [0.717, 1.165) is 23.3 Å². The number of aliphatic hydroxyl groups is 1. The van der Waals surface area contributed by atoms with Gasteiger partial charge in [0.25, 0.3) is 0 Å². The third kappa shape index (κ3) is 7.08. The number of esters is 1. The van der Waals surface area contributed by atoms with Gasteiger partial charge in [-0.15, -0.1) is 0 Å². The first-order valence-electron chi connectivity index (χ1n) is 10.9. The number of rotatable bonds is 9. The maximum atomic E-state index is 12.9. The van der Waals surface area contributed by atoms with Crippen molar-refractivity contribution in [1.82, 2.24) is 10.0 Å². The van der Waals surface area contributed by atoms with Crippen molar-refractivity contribution in [1.29, 1.82) is 0 Å². The van der Waals surface area contributed by atoms with E-state index in [1.807, 2.05) is 24.3 Å². The molecule has 1 aliphatic rings. The van der Waals surface area contributed by atoms with Crippen molar-refractivity contribution in [3.63, 3.8) is 0 Å². The minimum Gasteiger partial charge on any atom is -0.469 e. The molecular formula is C25H27F3N2O4. The summed E-state index contributed by atoms with van der Waals surface area (Å²) >= 11 is 0. The van der Waals surface area contributed by atoms with Gasteiger partial charge in [0, 0.05) is 19.2 Å². The molecule has 0 aliphatic carbocycles. The van der Waals surface area contributed by atoms with E-state index < -0.39 is 17.8 Å². The second kappa shape index (κ2) is 11.2. The van der Waals surface area contributed by atoms with Crippen LogP contribution in [-0.2, 0) is 39.9 Å². The van der Waals surface area contributed by atoms with Crippen LogP contribution in [0.15, 0.2) is 60.8 Å². The Bertz CT molecular complexity index is 1040. The number of benzene rings is 2. The van der Waals surface area contributed by atoms with E-state index in [2.05, 4.69) is 0 Å². The van der Waals surface area contributed by atoms with Crippen LogP contribution in [0.3, 0.4) is 0 Å². The van der Waals surface area contributed by atoms with Crippen LogP contribution in [0.1, 0.15) is 35.1 Å². The first kappa shape index (κ1) is 25.3. The molecule has 9 heteroatoms. The number of nitrogens with zero attached hydrogens (tertiary/aromatic N) is 2. The van der Waals surface area contributed by atoms with Crippen LogP contribution in [0.2, 0.25) is 0 Å². The fourth-order valence-corrected chi connectivity index (χ4v) is 3.78. The molecule has 0 spiro atoms. The van der Waals surface area contributed by atoms with Crippen LogP contribution in [0, 0.1) is 0 Å². The standard InChI is InChI=1S/C25H27F3N2O4/c1-34-24(33)16-18-5-2-7-20(13-18)17-29-11-4-9-23(32)30(29)12-10-22(31)15-19-6-3-8-21(14-19)25(26,27)28/h2-8,11,13-14,22,31H,9-10,12,15-17H2,1H3. The molecule has 1 unspecified atom stereocenters. The Morgan fingerprint density at radius 2 is 1.82 bits per heavy atom. The molecule has 2 aromatic rings. The summed E-state index contributed by atoms with van der Waals surface area (Å²) in [6.45, 7) is 0.589. The SMILES string of the molecule is COC(=O)Cc1cccc(CN2C=CCC(=O)N2CCC(O)Cc2cccc(C(F)(F)F)c2)c1. The Kier molecular flexibility index (Phi) is 8.33. The molecule has 1 heterocycles. The minimum atomic E-state index is -4.44. The molecule has 182 valence electrons. The van der Waals surface area contributed by atoms with Crippen molar-refractivity contribution in [2.75, 3.05) is 13.7 Å². The monoisotopic (exact) mass is 476 g/mol. The number of ether oxygens (including phenoxy) is 1. The average Bonchev–Trinajstić information content (AvgIpc) is 2.78. The number of carbonyl (C=O) groups is 2. The Hall–Kier alpha value is -3.33. The Morgan fingerprint density at radius 3 is 2.56 bits per heavy atom. The largest absolute Gasteiger partial charge is 0.469 e. The van der Waals surface area contributed by atoms with Gasteiger partial charge in [0.2, 0.25) is 5.91 Å². The zero-order valence-electron chi connectivity index (χ0n) is 18.8. The maximum Gasteiger partial charge on any atom is 0.416 e. The lowest BCUT2D eigenvalue weighted by molar-refractivity contribution is -0.147. The van der Waals surface area contributed by atoms with E-state index in [1.165, 1.54) is 18.2 Å². The molecule has 0 aromatic heterocycles. The number of alkyl halides is 3. The lowest BCUT2D eigenvalue weighted by Gasteiger charge is -2.37. The summed E-state index contributed by atoms with van der Waals surface area (Å²) in [6, 6.07) is 12.3. The van der Waals surface area contributed by atoms with Gasteiger partial charge in [0.1, 0.15) is 0 Å². The van der Waals surface area contributed by atoms with Gasteiger partial charge in [-0.05, 0) is 35.6 Å². The van der Waals surface area contributed by atoms with Crippen LogP contribution in [-0.4, -0.2) is 46.8 Å². The quantitative estimate of drug-likeness (QED) is 0.557. The van der Waals surface area contributed by atoms with E-state index >= 15 is 0 Å². The van der Waals surface area contributed by atoms with Gasteiger partial charge < -0.3 is 9.84 Å². The van der Waals surface area contributed by atoms with Gasteiger partial charge >= 0.3 is 12.1 Å². The Balaban J connectivity index is 1.62. The summed E-state index contributed by atoms with van der Waals surface area (Å²) in [5.41, 5.74) is 1.30. The van der Waals surface area contributed by atoms with Crippen LogP contribution >= 0.6 is 0 Å². The first-order chi connectivity index (χ1) is 16.2. The van der Waals surface area contributed by atoms with Crippen LogP contribution in [0.4, 0.5) is 13.2 Å². The summed E-state index contributed by atoms with van der Waals surface area (Å²) in [5, 5.41) is 13.7. The second-order valence-corrected chi connectivity index (χ2v) is 8.12. The molecule has 34 heavy (non-hydrogen) atoms. The van der Waals surface area contributed by atoms with E-state index in [9.17, 15) is 27.9 Å². The highest BCUT2D eigenvalue weighted by molar-refractivity contribution is 5.78. The number of halogens is 3. The molecule has 1 atom stereocenters. The third-order valence-electron chi connectivity index (χ3n) is 5.48. The van der Waals surface area contributed by atoms with Gasteiger partial charge in [0.15, 0.2) is 0 Å². The van der Waals surface area contributed by atoms with E-state index in [1.54, 1.807) is 23.4 Å². The van der Waals surface area contributed by atoms with E-state index in [-0.39, 0.29) is 44.1 Å². The Labute approximate surface area is 196 Å². The predicted molar refractivity (Wildman–Crippen MR) is 119 cm³/mol. The maximum absolute atomic E-state index is 12.9. The second-order valence-electron chi connectivity index (χ2n) is 8.12. The first-order valence-corrected chi connectivity index (χ1v) is 10.9. The lowest BCUT2D eigenvalue weighted by atomic mass is 10.0. The fraction of sp³-hybridized carbons (Fsp3) is 0.360. The van der Waals surface area contributed by atoms with E-state index in [4.69, 9.17) is 4.74 Å². The van der Waals surface area contributed by atoms with Crippen molar-refractivity contribution in [2.45, 2.75) is 44.5 Å². The lowest BCUT2D eigenvalue weighted by Crippen LogP contribution is -2.46. The van der Waals surface area contributed by atoms with Crippen molar-refractivity contribution in [2.24, 2.45) is 0 Å². The minimum absolute atomic E-state index is 0.0529. The van der Waals surface area contributed by atoms with Crippen molar-refractivity contribution in [3.8, 4) is 0 Å². The topological polar surface area (TPSA) is 70.1 Å². The molecule has 0 bridgehead atoms. The summed E-state index contributed by atoms with van der Waals surface area (Å²) in [5.74, 6) is -0.485. The van der Waals surface area contributed by atoms with Gasteiger partial charge in [-0.25, -0.2) is 0 Å². The van der Waals surface area contributed by atoms with Gasteiger partial charge in [-0.3, -0.25) is 19.6 Å². The van der Waals surface area contributed by atoms with Crippen molar-refractivity contribution in [3.05, 3.63) is 83.1 Å². The molecule has 0 radical (unpaired) electrons. The van der Waals surface area contributed by atoms with E-state index in [0.29, 0.717) is 12.1 Å². The van der Waals surface area contributed by atoms with Gasteiger partial charge in [-0.2, -0.15) is 13.2 Å². The molecule has 1 amide bonds. The number of carbonyl (C=O) groups excluding carboxylic acids is 2. The molecule has 1 N–H and O–H groups in total. The van der Waals surface area contributed by atoms with Crippen LogP contribution in [0.25, 0.3) is 0 Å². The normalized spacial score (nSPS) is 14.9. The highest BCUT2D eigenvalue weighted by Gasteiger charge is 2.30. The fourth-order valence-electron chi connectivity index (χ4n) is 3.78. The summed E-state index contributed by atoms with van der Waals surface area (Å²) < 4.78 is 43.5.